The maximum Gasteiger partial charge on any atom is 0.140 e. The van der Waals surface area contributed by atoms with Crippen molar-refractivity contribution in [3.63, 3.8) is 0 Å². The minimum Gasteiger partial charge on any atom is -0.331 e. The van der Waals surface area contributed by atoms with Gasteiger partial charge >= 0.3 is 0 Å². The summed E-state index contributed by atoms with van der Waals surface area (Å²) in [7, 11) is 4.19. The first kappa shape index (κ1) is 14.9. The molecule has 0 atom stereocenters. The van der Waals surface area contributed by atoms with Crippen LogP contribution in [0.15, 0.2) is 36.4 Å². The highest BCUT2D eigenvalue weighted by Gasteiger charge is 2.15. The minimum absolute atomic E-state index is 0.999. The number of aromatic nitrogens is 4. The average molecular weight is 318 g/mol. The van der Waals surface area contributed by atoms with Gasteiger partial charge in [-0.05, 0) is 43.2 Å². The molecule has 0 aliphatic carbocycles. The molecule has 0 unspecified atom stereocenters. The molecule has 2 aromatic heterocycles. The van der Waals surface area contributed by atoms with E-state index in [2.05, 4.69) is 67.4 Å². The Hall–Kier alpha value is -2.62. The van der Waals surface area contributed by atoms with Crippen molar-refractivity contribution in [2.24, 2.45) is 14.1 Å². The second-order valence-electron chi connectivity index (χ2n) is 6.48. The van der Waals surface area contributed by atoms with E-state index in [1.807, 2.05) is 6.07 Å². The van der Waals surface area contributed by atoms with E-state index in [1.165, 1.54) is 11.1 Å². The van der Waals surface area contributed by atoms with Gasteiger partial charge in [0.1, 0.15) is 11.6 Å². The Bertz CT molecular complexity index is 1050. The zero-order valence-corrected chi connectivity index (χ0v) is 14.7. The molecule has 4 nitrogen and oxygen atoms in total. The van der Waals surface area contributed by atoms with Gasteiger partial charge in [-0.1, -0.05) is 19.1 Å². The van der Waals surface area contributed by atoms with Crippen molar-refractivity contribution in [2.45, 2.75) is 26.7 Å². The Morgan fingerprint density at radius 2 is 1.75 bits per heavy atom. The molecule has 0 amide bonds. The fourth-order valence-electron chi connectivity index (χ4n) is 3.49. The standard InChI is InChI=1S/C20H22N4/c1-5-8-18-22-19-13(2)11-14(12-17(19)23(18)3)20-21-15-9-6-7-10-16(15)24(20)4/h6-7,9-12H,5,8H2,1-4H3. The highest BCUT2D eigenvalue weighted by molar-refractivity contribution is 5.87. The number of fused-ring (bicyclic) bond motifs is 2. The summed E-state index contributed by atoms with van der Waals surface area (Å²) < 4.78 is 4.39. The summed E-state index contributed by atoms with van der Waals surface area (Å²) in [5, 5.41) is 0. The van der Waals surface area contributed by atoms with Gasteiger partial charge in [-0.2, -0.15) is 0 Å². The first-order valence-corrected chi connectivity index (χ1v) is 8.48. The van der Waals surface area contributed by atoms with Crippen molar-refractivity contribution in [3.8, 4) is 11.4 Å². The average Bonchev–Trinajstić information content (AvgIpc) is 3.08. The lowest BCUT2D eigenvalue weighted by Crippen LogP contribution is -1.97. The molecule has 0 bridgehead atoms. The molecule has 0 saturated carbocycles. The quantitative estimate of drug-likeness (QED) is 0.561. The third-order valence-electron chi connectivity index (χ3n) is 4.79. The van der Waals surface area contributed by atoms with Crippen LogP contribution in [-0.2, 0) is 20.5 Å². The number of imidazole rings is 2. The summed E-state index contributed by atoms with van der Waals surface area (Å²) in [6.07, 6.45) is 2.11. The fraction of sp³-hybridized carbons (Fsp3) is 0.300. The van der Waals surface area contributed by atoms with Gasteiger partial charge in [0.2, 0.25) is 0 Å². The Labute approximate surface area is 141 Å². The molecule has 2 aromatic carbocycles. The SMILES string of the molecule is CCCc1nc2c(C)cc(-c3nc4ccccc4n3C)cc2n1C. The largest absolute Gasteiger partial charge is 0.331 e. The van der Waals surface area contributed by atoms with Gasteiger partial charge in [0.05, 0.1) is 22.1 Å². The van der Waals surface area contributed by atoms with Gasteiger partial charge < -0.3 is 9.13 Å². The number of para-hydroxylation sites is 2. The van der Waals surface area contributed by atoms with E-state index in [0.717, 1.165) is 46.6 Å². The molecule has 2 heterocycles. The Balaban J connectivity index is 1.96. The van der Waals surface area contributed by atoms with E-state index in [-0.39, 0.29) is 0 Å². The smallest absolute Gasteiger partial charge is 0.140 e. The summed E-state index contributed by atoms with van der Waals surface area (Å²) in [5.41, 5.74) is 6.81. The van der Waals surface area contributed by atoms with Crippen LogP contribution in [-0.4, -0.2) is 19.1 Å². The summed E-state index contributed by atoms with van der Waals surface area (Å²) in [5.74, 6) is 2.15. The maximum atomic E-state index is 4.84. The van der Waals surface area contributed by atoms with Gasteiger partial charge in [0.15, 0.2) is 0 Å². The summed E-state index contributed by atoms with van der Waals surface area (Å²) in [6.45, 7) is 4.33. The summed E-state index contributed by atoms with van der Waals surface area (Å²) in [4.78, 5) is 9.67. The maximum absolute atomic E-state index is 4.84. The Kier molecular flexibility index (Phi) is 3.41. The lowest BCUT2D eigenvalue weighted by atomic mass is 10.1. The van der Waals surface area contributed by atoms with Crippen molar-refractivity contribution < 1.29 is 0 Å². The third kappa shape index (κ3) is 2.13. The highest BCUT2D eigenvalue weighted by atomic mass is 15.1. The van der Waals surface area contributed by atoms with E-state index >= 15 is 0 Å². The molecule has 0 saturated heterocycles. The Morgan fingerprint density at radius 1 is 0.958 bits per heavy atom. The van der Waals surface area contributed by atoms with Crippen LogP contribution in [0.25, 0.3) is 33.5 Å². The molecule has 0 spiro atoms. The second-order valence-corrected chi connectivity index (χ2v) is 6.48. The summed E-state index contributed by atoms with van der Waals surface area (Å²) in [6, 6.07) is 12.7. The van der Waals surface area contributed by atoms with Crippen LogP contribution < -0.4 is 0 Å². The number of nitrogens with zero attached hydrogens (tertiary/aromatic N) is 4. The minimum atomic E-state index is 0.999. The number of hydrogen-bond donors (Lipinski definition) is 0. The number of benzene rings is 2. The molecule has 122 valence electrons. The van der Waals surface area contributed by atoms with E-state index in [4.69, 9.17) is 9.97 Å². The van der Waals surface area contributed by atoms with Gasteiger partial charge in [0, 0.05) is 26.1 Å². The van der Waals surface area contributed by atoms with Crippen LogP contribution in [0.3, 0.4) is 0 Å². The van der Waals surface area contributed by atoms with E-state index in [0.29, 0.717) is 0 Å². The van der Waals surface area contributed by atoms with Crippen LogP contribution in [0.2, 0.25) is 0 Å². The van der Waals surface area contributed by atoms with Crippen molar-refractivity contribution in [1.82, 2.24) is 19.1 Å². The zero-order valence-electron chi connectivity index (χ0n) is 14.7. The van der Waals surface area contributed by atoms with E-state index < -0.39 is 0 Å². The summed E-state index contributed by atoms with van der Waals surface area (Å²) >= 11 is 0. The molecule has 4 rings (SSSR count). The molecule has 24 heavy (non-hydrogen) atoms. The first-order chi connectivity index (χ1) is 11.6. The number of aryl methyl sites for hydroxylation is 4. The third-order valence-corrected chi connectivity index (χ3v) is 4.79. The van der Waals surface area contributed by atoms with E-state index in [1.54, 1.807) is 0 Å². The molecular formula is C20H22N4. The fourth-order valence-corrected chi connectivity index (χ4v) is 3.49. The number of rotatable bonds is 3. The first-order valence-electron chi connectivity index (χ1n) is 8.48. The van der Waals surface area contributed by atoms with Gasteiger partial charge in [-0.15, -0.1) is 0 Å². The van der Waals surface area contributed by atoms with Crippen molar-refractivity contribution in [2.75, 3.05) is 0 Å². The van der Waals surface area contributed by atoms with Gasteiger partial charge in [0.25, 0.3) is 0 Å². The molecule has 0 aliphatic heterocycles. The Morgan fingerprint density at radius 3 is 2.50 bits per heavy atom. The van der Waals surface area contributed by atoms with Crippen molar-refractivity contribution in [3.05, 3.63) is 47.8 Å². The molecule has 0 aliphatic rings. The monoisotopic (exact) mass is 318 g/mol. The molecule has 0 radical (unpaired) electrons. The lowest BCUT2D eigenvalue weighted by molar-refractivity contribution is 0.773. The van der Waals surface area contributed by atoms with Crippen LogP contribution in [0.5, 0.6) is 0 Å². The van der Waals surface area contributed by atoms with Crippen LogP contribution in [0.4, 0.5) is 0 Å². The van der Waals surface area contributed by atoms with E-state index in [9.17, 15) is 0 Å². The van der Waals surface area contributed by atoms with Crippen LogP contribution in [0, 0.1) is 6.92 Å². The van der Waals surface area contributed by atoms with Crippen LogP contribution in [0.1, 0.15) is 24.7 Å². The predicted octanol–water partition coefficient (Wildman–Crippen LogP) is 4.39. The molecule has 0 fully saturated rings. The van der Waals surface area contributed by atoms with Crippen molar-refractivity contribution >= 4 is 22.1 Å². The van der Waals surface area contributed by atoms with Gasteiger partial charge in [-0.3, -0.25) is 0 Å². The lowest BCUT2D eigenvalue weighted by Gasteiger charge is -2.06. The predicted molar refractivity (Wildman–Crippen MR) is 99.2 cm³/mol. The molecule has 4 aromatic rings. The topological polar surface area (TPSA) is 35.6 Å². The van der Waals surface area contributed by atoms with Crippen LogP contribution >= 0.6 is 0 Å². The molecular weight excluding hydrogens is 296 g/mol. The molecule has 0 N–H and O–H groups in total. The van der Waals surface area contributed by atoms with Crippen molar-refractivity contribution in [1.29, 1.82) is 0 Å². The van der Waals surface area contributed by atoms with Gasteiger partial charge in [-0.25, -0.2) is 9.97 Å². The normalized spacial score (nSPS) is 11.7. The number of hydrogen-bond acceptors (Lipinski definition) is 2. The molecule has 4 heteroatoms. The zero-order chi connectivity index (χ0) is 16.8. The second kappa shape index (κ2) is 5.48. The highest BCUT2D eigenvalue weighted by Crippen LogP contribution is 2.29.